The molecule has 1 aromatic rings. The van der Waals surface area contributed by atoms with Gasteiger partial charge in [-0.05, 0) is 43.7 Å². The number of hydrogen-bond donors (Lipinski definition) is 2. The maximum atomic E-state index is 12.4. The van der Waals surface area contributed by atoms with E-state index in [-0.39, 0.29) is 23.4 Å². The van der Waals surface area contributed by atoms with E-state index in [0.717, 1.165) is 0 Å². The molecule has 1 saturated carbocycles. The summed E-state index contributed by atoms with van der Waals surface area (Å²) in [6.45, 7) is 1.38. The highest BCUT2D eigenvalue weighted by Gasteiger charge is 2.25. The van der Waals surface area contributed by atoms with Crippen molar-refractivity contribution in [1.82, 2.24) is 14.9 Å². The second-order valence-electron chi connectivity index (χ2n) is 6.97. The lowest BCUT2D eigenvalue weighted by atomic mass is 10.3. The van der Waals surface area contributed by atoms with Crippen LogP contribution >= 0.6 is 0 Å². The number of nitrogens with zero attached hydrogens (tertiary/aromatic N) is 1. The van der Waals surface area contributed by atoms with Crippen LogP contribution < -0.4 is 14.8 Å². The van der Waals surface area contributed by atoms with Crippen LogP contribution in [0.5, 0.6) is 5.75 Å². The lowest BCUT2D eigenvalue weighted by Crippen LogP contribution is -2.28. The maximum absolute atomic E-state index is 12.4. The molecular weight excluding hydrogens is 382 g/mol. The number of ether oxygens (including phenoxy) is 1. The van der Waals surface area contributed by atoms with Gasteiger partial charge in [-0.3, -0.25) is 10.1 Å². The van der Waals surface area contributed by atoms with Crippen LogP contribution in [0.4, 0.5) is 4.79 Å². The van der Waals surface area contributed by atoms with Gasteiger partial charge in [0.2, 0.25) is 15.9 Å². The third kappa shape index (κ3) is 6.07. The Morgan fingerprint density at radius 1 is 1.25 bits per heavy atom. The number of urea groups is 1. The third-order valence-electron chi connectivity index (χ3n) is 4.50. The van der Waals surface area contributed by atoms with Gasteiger partial charge in [0.1, 0.15) is 12.3 Å². The predicted octanol–water partition coefficient (Wildman–Crippen LogP) is 1.64. The molecule has 3 rings (SSSR count). The van der Waals surface area contributed by atoms with Crippen molar-refractivity contribution in [3.63, 3.8) is 0 Å². The Kier molecular flexibility index (Phi) is 6.69. The Morgan fingerprint density at radius 3 is 2.79 bits per heavy atom. The number of hydrogen-bond acceptors (Lipinski definition) is 5. The molecule has 152 valence electrons. The van der Waals surface area contributed by atoms with Gasteiger partial charge >= 0.3 is 6.03 Å². The van der Waals surface area contributed by atoms with E-state index in [9.17, 15) is 18.0 Å². The minimum atomic E-state index is -3.58. The largest absolute Gasteiger partial charge is 0.493 e. The van der Waals surface area contributed by atoms with Crippen molar-refractivity contribution in [3.8, 4) is 5.75 Å². The summed E-state index contributed by atoms with van der Waals surface area (Å²) in [5.41, 5.74) is 0. The van der Waals surface area contributed by atoms with Crippen LogP contribution in [-0.4, -0.2) is 51.5 Å². The third-order valence-corrected chi connectivity index (χ3v) is 5.96. The highest BCUT2D eigenvalue weighted by molar-refractivity contribution is 7.89. The molecular formula is C19H25N3O5S. The fourth-order valence-corrected chi connectivity index (χ4v) is 3.80. The summed E-state index contributed by atoms with van der Waals surface area (Å²) >= 11 is 0. The number of carbonyl (C=O) groups excluding carboxylic acids is 2. The smallest absolute Gasteiger partial charge is 0.324 e. The molecule has 2 N–H and O–H groups in total. The van der Waals surface area contributed by atoms with Crippen molar-refractivity contribution in [3.05, 3.63) is 36.4 Å². The van der Waals surface area contributed by atoms with Gasteiger partial charge in [-0.15, -0.1) is 0 Å². The zero-order chi connectivity index (χ0) is 20.0. The van der Waals surface area contributed by atoms with E-state index in [1.54, 1.807) is 30.3 Å². The number of rotatable bonds is 11. The van der Waals surface area contributed by atoms with E-state index < -0.39 is 10.0 Å². The summed E-state index contributed by atoms with van der Waals surface area (Å²) in [6, 6.07) is 6.16. The number of benzene rings is 1. The molecule has 0 spiro atoms. The molecule has 0 radical (unpaired) electrons. The second kappa shape index (κ2) is 9.20. The van der Waals surface area contributed by atoms with Crippen LogP contribution in [0.25, 0.3) is 0 Å². The Labute approximate surface area is 165 Å². The molecule has 0 aromatic heterocycles. The van der Waals surface area contributed by atoms with E-state index in [0.29, 0.717) is 44.2 Å². The van der Waals surface area contributed by atoms with Crippen molar-refractivity contribution in [2.75, 3.05) is 26.2 Å². The molecule has 0 bridgehead atoms. The second-order valence-corrected chi connectivity index (χ2v) is 8.74. The van der Waals surface area contributed by atoms with Gasteiger partial charge < -0.3 is 9.64 Å². The fraction of sp³-hybridized carbons (Fsp3) is 0.474. The van der Waals surface area contributed by atoms with Gasteiger partial charge in [-0.25, -0.2) is 17.9 Å². The van der Waals surface area contributed by atoms with Gasteiger partial charge in [-0.1, -0.05) is 18.2 Å². The van der Waals surface area contributed by atoms with Crippen LogP contribution in [0.15, 0.2) is 41.3 Å². The molecule has 2 fully saturated rings. The van der Waals surface area contributed by atoms with Crippen LogP contribution in [-0.2, 0) is 14.8 Å². The average molecular weight is 407 g/mol. The zero-order valence-corrected chi connectivity index (χ0v) is 16.4. The first kappa shape index (κ1) is 20.3. The quantitative estimate of drug-likeness (QED) is 0.330. The number of amides is 3. The summed E-state index contributed by atoms with van der Waals surface area (Å²) in [7, 11) is -3.58. The summed E-state index contributed by atoms with van der Waals surface area (Å²) < 4.78 is 33.0. The van der Waals surface area contributed by atoms with Gasteiger partial charge in [-0.2, -0.15) is 0 Å². The Hall–Kier alpha value is -2.39. The van der Waals surface area contributed by atoms with Crippen LogP contribution in [0, 0.1) is 5.92 Å². The number of allylic oxidation sites excluding steroid dienone is 1. The first-order valence-electron chi connectivity index (χ1n) is 9.40. The summed E-state index contributed by atoms with van der Waals surface area (Å²) in [4.78, 5) is 24.0. The van der Waals surface area contributed by atoms with Crippen molar-refractivity contribution in [1.29, 1.82) is 0 Å². The van der Waals surface area contributed by atoms with Crippen LogP contribution in [0.3, 0.4) is 0 Å². The monoisotopic (exact) mass is 407 g/mol. The normalized spacial score (nSPS) is 17.4. The first-order chi connectivity index (χ1) is 13.4. The zero-order valence-electron chi connectivity index (χ0n) is 15.6. The molecule has 3 amide bonds. The Balaban J connectivity index is 1.37. The topological polar surface area (TPSA) is 105 Å². The molecule has 8 nitrogen and oxygen atoms in total. The fourth-order valence-electron chi connectivity index (χ4n) is 2.69. The average Bonchev–Trinajstić information content (AvgIpc) is 3.43. The summed E-state index contributed by atoms with van der Waals surface area (Å²) in [5, 5.41) is 2.21. The van der Waals surface area contributed by atoms with Crippen molar-refractivity contribution >= 4 is 22.0 Å². The molecule has 2 aliphatic rings. The number of nitrogens with one attached hydrogen (secondary N) is 2. The minimum absolute atomic E-state index is 0.0758. The minimum Gasteiger partial charge on any atom is -0.493 e. The van der Waals surface area contributed by atoms with Crippen molar-refractivity contribution in [2.24, 2.45) is 5.92 Å². The van der Waals surface area contributed by atoms with Gasteiger partial charge in [0.25, 0.3) is 0 Å². The first-order valence-corrected chi connectivity index (χ1v) is 10.9. The maximum Gasteiger partial charge on any atom is 0.324 e. The SMILES string of the molecule is O=C1CN(C/C=C/CCCNS(=O)(=O)c2cccc(OCC3CC3)c2)C(=O)N1. The highest BCUT2D eigenvalue weighted by atomic mass is 32.2. The summed E-state index contributed by atoms with van der Waals surface area (Å²) in [6.07, 6.45) is 7.31. The van der Waals surface area contributed by atoms with E-state index in [1.165, 1.54) is 17.7 Å². The predicted molar refractivity (Wildman–Crippen MR) is 103 cm³/mol. The van der Waals surface area contributed by atoms with Gasteiger partial charge in [0, 0.05) is 19.2 Å². The molecule has 28 heavy (non-hydrogen) atoms. The number of sulfonamides is 1. The highest BCUT2D eigenvalue weighted by Crippen LogP contribution is 2.29. The molecule has 1 aromatic carbocycles. The van der Waals surface area contributed by atoms with Crippen LogP contribution in [0.2, 0.25) is 0 Å². The molecule has 1 aliphatic heterocycles. The molecule has 1 aliphatic carbocycles. The Bertz CT molecular complexity index is 849. The molecule has 9 heteroatoms. The van der Waals surface area contributed by atoms with E-state index >= 15 is 0 Å². The molecule has 0 atom stereocenters. The number of unbranched alkanes of at least 4 members (excludes halogenated alkanes) is 1. The van der Waals surface area contributed by atoms with Gasteiger partial charge in [0.15, 0.2) is 0 Å². The van der Waals surface area contributed by atoms with Crippen molar-refractivity contribution in [2.45, 2.75) is 30.6 Å². The molecule has 1 heterocycles. The van der Waals surface area contributed by atoms with Crippen LogP contribution in [0.1, 0.15) is 25.7 Å². The van der Waals surface area contributed by atoms with E-state index in [1.807, 2.05) is 6.08 Å². The van der Waals surface area contributed by atoms with E-state index in [2.05, 4.69) is 10.0 Å². The van der Waals surface area contributed by atoms with E-state index in [4.69, 9.17) is 4.74 Å². The lowest BCUT2D eigenvalue weighted by Gasteiger charge is -2.10. The van der Waals surface area contributed by atoms with Crippen molar-refractivity contribution < 1.29 is 22.7 Å². The standard InChI is InChI=1S/C19H25N3O5S/c23-18-13-22(19(24)21-18)11-4-2-1-3-10-20-28(25,26)17-7-5-6-16(12-17)27-14-15-8-9-15/h2,4-7,12,15,20H,1,3,8-11,13-14H2,(H,21,23,24)/b4-2+. The lowest BCUT2D eigenvalue weighted by molar-refractivity contribution is -0.118. The Morgan fingerprint density at radius 2 is 2.07 bits per heavy atom. The molecule has 1 saturated heterocycles. The van der Waals surface area contributed by atoms with Gasteiger partial charge in [0.05, 0.1) is 11.5 Å². The molecule has 0 unspecified atom stereocenters. The summed E-state index contributed by atoms with van der Waals surface area (Å²) in [5.74, 6) is 0.878. The number of carbonyl (C=O) groups is 2. The number of imide groups is 1.